The van der Waals surface area contributed by atoms with Crippen molar-refractivity contribution in [1.29, 1.82) is 0 Å². The number of ether oxygens (including phenoxy) is 1. The maximum Gasteiger partial charge on any atom is 0.326 e. The largest absolute Gasteiger partial charge is 0.488 e. The van der Waals surface area contributed by atoms with Crippen LogP contribution in [0.3, 0.4) is 0 Å². The van der Waals surface area contributed by atoms with Crippen LogP contribution in [0.5, 0.6) is 5.75 Å². The minimum atomic E-state index is -1.49. The zero-order chi connectivity index (χ0) is 41.3. The van der Waals surface area contributed by atoms with Gasteiger partial charge < -0.3 is 36.5 Å². The molecule has 0 unspecified atom stereocenters. The molecule has 0 spiro atoms. The molecule has 0 bridgehead atoms. The van der Waals surface area contributed by atoms with Gasteiger partial charge in [0.05, 0.1) is 12.5 Å². The van der Waals surface area contributed by atoms with Crippen LogP contribution in [0.4, 0.5) is 0 Å². The van der Waals surface area contributed by atoms with Crippen LogP contribution in [0.1, 0.15) is 55.0 Å². The van der Waals surface area contributed by atoms with E-state index in [1.807, 2.05) is 148 Å². The third-order valence-electron chi connectivity index (χ3n) is 9.82. The number of hydrogen-bond donors (Lipinski definition) is 6. The number of fused-ring (bicyclic) bond motifs is 1. The highest BCUT2D eigenvalue weighted by Gasteiger charge is 2.39. The number of benzene rings is 5. The minimum Gasteiger partial charge on any atom is -0.488 e. The van der Waals surface area contributed by atoms with Crippen molar-refractivity contribution < 1.29 is 29.0 Å². The van der Waals surface area contributed by atoms with Crippen LogP contribution < -0.4 is 26.4 Å². The summed E-state index contributed by atoms with van der Waals surface area (Å²) in [5.74, 6) is -2.73. The summed E-state index contributed by atoms with van der Waals surface area (Å²) in [6.45, 7) is 5.83. The van der Waals surface area contributed by atoms with Gasteiger partial charge in [-0.05, 0) is 73.2 Å². The van der Waals surface area contributed by atoms with Gasteiger partial charge in [0.15, 0.2) is 0 Å². The first-order valence-corrected chi connectivity index (χ1v) is 19.2. The topological polar surface area (TPSA) is 176 Å². The minimum absolute atomic E-state index is 0.0501. The molecule has 0 aliphatic rings. The lowest BCUT2D eigenvalue weighted by Crippen LogP contribution is -2.57. The Hall–Kier alpha value is -6.72. The summed E-state index contributed by atoms with van der Waals surface area (Å²) in [6, 6.07) is 39.1. The predicted octanol–water partition coefficient (Wildman–Crippen LogP) is 6.01. The Morgan fingerprint density at radius 3 is 1.72 bits per heavy atom. The average Bonchev–Trinajstić information content (AvgIpc) is 3.63. The molecule has 0 fully saturated rings. The molecule has 3 amide bonds. The van der Waals surface area contributed by atoms with E-state index in [4.69, 9.17) is 10.5 Å². The fourth-order valence-corrected chi connectivity index (χ4v) is 7.10. The number of H-pyrrole nitrogens is 1. The van der Waals surface area contributed by atoms with Crippen molar-refractivity contribution in [2.75, 3.05) is 0 Å². The van der Waals surface area contributed by atoms with Crippen LogP contribution >= 0.6 is 0 Å². The van der Waals surface area contributed by atoms with E-state index in [9.17, 15) is 24.3 Å². The molecule has 11 nitrogen and oxygen atoms in total. The molecule has 0 saturated carbocycles. The summed E-state index contributed by atoms with van der Waals surface area (Å²) < 4.78 is 5.91. The second kappa shape index (κ2) is 18.0. The Kier molecular flexibility index (Phi) is 12.7. The highest BCUT2D eigenvalue weighted by molar-refractivity contribution is 5.95. The number of nitrogens with two attached hydrogens (primary N) is 1. The summed E-state index contributed by atoms with van der Waals surface area (Å²) in [6.07, 6.45) is 1.25. The molecule has 5 aromatic carbocycles. The SMILES string of the molecule is CC(C)(C)Oc1ccc(C[C@@H](N)C(=O)N[C@@H](CC(=O)NC(c2ccccc2)(c2ccccc2)c2ccccc2)C(=O)N[C@@H](Cc2c[nH]c3ccccc23)C(=O)O)cc1. The number of carbonyl (C=O) groups is 4. The zero-order valence-electron chi connectivity index (χ0n) is 32.8. The monoisotopic (exact) mass is 779 g/mol. The van der Waals surface area contributed by atoms with Crippen LogP contribution in [0, 0.1) is 0 Å². The quantitative estimate of drug-likeness (QED) is 0.0653. The van der Waals surface area contributed by atoms with Gasteiger partial charge in [-0.15, -0.1) is 0 Å². The molecule has 298 valence electrons. The molecule has 0 aliphatic carbocycles. The van der Waals surface area contributed by atoms with E-state index in [1.54, 1.807) is 18.3 Å². The first kappa shape index (κ1) is 40.9. The average molecular weight is 780 g/mol. The van der Waals surface area contributed by atoms with E-state index in [1.165, 1.54) is 0 Å². The first-order valence-electron chi connectivity index (χ1n) is 19.2. The highest BCUT2D eigenvalue weighted by atomic mass is 16.5. The lowest BCUT2D eigenvalue weighted by atomic mass is 9.77. The molecular formula is C47H49N5O6. The van der Waals surface area contributed by atoms with Gasteiger partial charge in [-0.25, -0.2) is 4.79 Å². The Morgan fingerprint density at radius 1 is 0.672 bits per heavy atom. The number of aliphatic carboxylic acids is 1. The van der Waals surface area contributed by atoms with Crippen molar-refractivity contribution in [2.45, 2.75) is 69.3 Å². The van der Waals surface area contributed by atoms with E-state index in [2.05, 4.69) is 20.9 Å². The summed E-state index contributed by atoms with van der Waals surface area (Å²) in [5.41, 5.74) is 9.36. The number of amides is 3. The van der Waals surface area contributed by atoms with Gasteiger partial charge in [0.1, 0.15) is 29.0 Å². The third kappa shape index (κ3) is 9.98. The molecular weight excluding hydrogens is 731 g/mol. The normalized spacial score (nSPS) is 13.2. The van der Waals surface area contributed by atoms with Crippen molar-refractivity contribution in [3.63, 3.8) is 0 Å². The van der Waals surface area contributed by atoms with Crippen molar-refractivity contribution in [2.24, 2.45) is 5.73 Å². The van der Waals surface area contributed by atoms with Gasteiger partial charge in [-0.1, -0.05) is 121 Å². The van der Waals surface area contributed by atoms with Gasteiger partial charge in [0.25, 0.3) is 0 Å². The van der Waals surface area contributed by atoms with Crippen LogP contribution in [0.15, 0.2) is 146 Å². The summed E-state index contributed by atoms with van der Waals surface area (Å²) in [5, 5.41) is 19.6. The fourth-order valence-electron chi connectivity index (χ4n) is 7.10. The molecule has 6 aromatic rings. The fraction of sp³-hybridized carbons (Fsp3) is 0.234. The standard InChI is InChI=1S/C47H49N5O6/c1-46(2,3)58-36-25-23-31(24-26-36)27-38(48)43(54)50-40(44(55)51-41(45(56)57)28-32-30-49-39-22-14-13-21-37(32)39)29-42(53)52-47(33-15-7-4-8-16-33,34-17-9-5-10-18-34)35-19-11-6-12-20-35/h4-26,30,38,40-41,49H,27-29,48H2,1-3H3,(H,50,54)(H,51,55)(H,52,53)(H,56,57)/t38-,40+,41+/m1/s1. The number of aromatic amines is 1. The van der Waals surface area contributed by atoms with Crippen molar-refractivity contribution >= 4 is 34.6 Å². The number of carboxylic acids is 1. The molecule has 0 radical (unpaired) electrons. The molecule has 3 atom stereocenters. The molecule has 0 aliphatic heterocycles. The number of carboxylic acid groups (broad SMARTS) is 1. The van der Waals surface area contributed by atoms with Crippen LogP contribution in [-0.2, 0) is 37.6 Å². The van der Waals surface area contributed by atoms with Crippen molar-refractivity contribution in [1.82, 2.24) is 20.9 Å². The van der Waals surface area contributed by atoms with Crippen molar-refractivity contribution in [3.8, 4) is 5.75 Å². The Bertz CT molecular complexity index is 2230. The van der Waals surface area contributed by atoms with Crippen LogP contribution in [0.2, 0.25) is 0 Å². The number of para-hydroxylation sites is 1. The van der Waals surface area contributed by atoms with E-state index >= 15 is 0 Å². The van der Waals surface area contributed by atoms with Crippen molar-refractivity contribution in [3.05, 3.63) is 174 Å². The molecule has 1 aromatic heterocycles. The van der Waals surface area contributed by atoms with Crippen LogP contribution in [0.25, 0.3) is 10.9 Å². The number of carbonyl (C=O) groups excluding carboxylic acids is 3. The van der Waals surface area contributed by atoms with E-state index in [-0.39, 0.29) is 12.8 Å². The molecule has 0 saturated heterocycles. The zero-order valence-corrected chi connectivity index (χ0v) is 32.8. The third-order valence-corrected chi connectivity index (χ3v) is 9.82. The number of hydrogen-bond acceptors (Lipinski definition) is 6. The second-order valence-electron chi connectivity index (χ2n) is 15.3. The lowest BCUT2D eigenvalue weighted by Gasteiger charge is -2.37. The predicted molar refractivity (Wildman–Crippen MR) is 224 cm³/mol. The maximum absolute atomic E-state index is 14.5. The second-order valence-corrected chi connectivity index (χ2v) is 15.3. The molecule has 7 N–H and O–H groups in total. The molecule has 6 rings (SSSR count). The molecule has 1 heterocycles. The molecule has 58 heavy (non-hydrogen) atoms. The number of aromatic nitrogens is 1. The van der Waals surface area contributed by atoms with E-state index in [0.717, 1.165) is 33.2 Å². The Balaban J connectivity index is 1.29. The summed E-state index contributed by atoms with van der Waals surface area (Å²) in [7, 11) is 0. The van der Waals surface area contributed by atoms with E-state index in [0.29, 0.717) is 11.3 Å². The smallest absolute Gasteiger partial charge is 0.326 e. The summed E-state index contributed by atoms with van der Waals surface area (Å²) in [4.78, 5) is 58.2. The first-order chi connectivity index (χ1) is 27.8. The van der Waals surface area contributed by atoms with Gasteiger partial charge in [-0.3, -0.25) is 14.4 Å². The van der Waals surface area contributed by atoms with Gasteiger partial charge in [-0.2, -0.15) is 0 Å². The van der Waals surface area contributed by atoms with E-state index < -0.39 is 59.4 Å². The van der Waals surface area contributed by atoms with Gasteiger partial charge in [0, 0.05) is 23.5 Å². The number of rotatable bonds is 16. The summed E-state index contributed by atoms with van der Waals surface area (Å²) >= 11 is 0. The Morgan fingerprint density at radius 2 is 1.19 bits per heavy atom. The van der Waals surface area contributed by atoms with Gasteiger partial charge >= 0.3 is 5.97 Å². The lowest BCUT2D eigenvalue weighted by molar-refractivity contribution is -0.142. The Labute approximate surface area is 338 Å². The maximum atomic E-state index is 14.5. The van der Waals surface area contributed by atoms with Gasteiger partial charge in [0.2, 0.25) is 17.7 Å². The highest BCUT2D eigenvalue weighted by Crippen LogP contribution is 2.37. The number of nitrogens with one attached hydrogen (secondary N) is 4. The van der Waals surface area contributed by atoms with Crippen LogP contribution in [-0.4, -0.2) is 57.5 Å². The molecule has 11 heteroatoms.